The van der Waals surface area contributed by atoms with Crippen LogP contribution in [0.4, 0.5) is 13.2 Å². The number of aliphatic hydroxyl groups is 1. The zero-order chi connectivity index (χ0) is 14.9. The number of methoxy groups -OCH3 is 1. The molecule has 0 amide bonds. The Bertz CT molecular complexity index is 593. The van der Waals surface area contributed by atoms with Crippen molar-refractivity contribution in [1.29, 1.82) is 0 Å². The average molecular weight is 287 g/mol. The van der Waals surface area contributed by atoms with Crippen molar-refractivity contribution in [2.75, 3.05) is 7.11 Å². The summed E-state index contributed by atoms with van der Waals surface area (Å²) in [6.45, 7) is 0. The maximum Gasteiger partial charge on any atom is 0.417 e. The second-order valence-corrected chi connectivity index (χ2v) is 4.09. The van der Waals surface area contributed by atoms with Gasteiger partial charge in [-0.25, -0.2) is 0 Å². The summed E-state index contributed by atoms with van der Waals surface area (Å²) in [7, 11) is 3.00. The number of nitrogens with zero attached hydrogens (tertiary/aromatic N) is 3. The molecule has 20 heavy (non-hydrogen) atoms. The minimum Gasteiger partial charge on any atom is -0.493 e. The fraction of sp³-hybridized carbons (Fsp3) is 0.333. The van der Waals surface area contributed by atoms with Gasteiger partial charge in [-0.1, -0.05) is 0 Å². The molecule has 0 aliphatic heterocycles. The lowest BCUT2D eigenvalue weighted by Gasteiger charge is -2.13. The number of halogens is 3. The van der Waals surface area contributed by atoms with E-state index in [1.165, 1.54) is 18.0 Å². The largest absolute Gasteiger partial charge is 0.493 e. The summed E-state index contributed by atoms with van der Waals surface area (Å²) in [6.07, 6.45) is -3.59. The van der Waals surface area contributed by atoms with Gasteiger partial charge >= 0.3 is 6.18 Å². The second-order valence-electron chi connectivity index (χ2n) is 4.09. The lowest BCUT2D eigenvalue weighted by atomic mass is 10.1. The van der Waals surface area contributed by atoms with Gasteiger partial charge in [-0.05, 0) is 12.1 Å². The third-order valence-corrected chi connectivity index (χ3v) is 2.82. The Hall–Kier alpha value is -2.09. The van der Waals surface area contributed by atoms with Crippen molar-refractivity contribution in [3.63, 3.8) is 0 Å². The minimum absolute atomic E-state index is 0.0832. The maximum absolute atomic E-state index is 12.4. The number of pyridine rings is 1. The second kappa shape index (κ2) is 5.12. The van der Waals surface area contributed by atoms with Crippen LogP contribution in [0.1, 0.15) is 23.1 Å². The standard InChI is InChI=1S/C12H12F3N3O2/c1-18-10(9(20-2)6-17-18)11(19)8-4-3-7(5-16-8)12(13,14)15/h3-6,11,19H,1-2H3. The molecule has 2 rings (SSSR count). The van der Waals surface area contributed by atoms with Gasteiger partial charge in [-0.15, -0.1) is 0 Å². The number of aliphatic hydroxyl groups excluding tert-OH is 1. The number of hydrogen-bond donors (Lipinski definition) is 1. The Morgan fingerprint density at radius 2 is 2.00 bits per heavy atom. The molecule has 0 radical (unpaired) electrons. The lowest BCUT2D eigenvalue weighted by molar-refractivity contribution is -0.137. The summed E-state index contributed by atoms with van der Waals surface area (Å²) in [5.74, 6) is 0.335. The first-order valence-corrected chi connectivity index (χ1v) is 5.61. The Morgan fingerprint density at radius 3 is 2.50 bits per heavy atom. The smallest absolute Gasteiger partial charge is 0.417 e. The van der Waals surface area contributed by atoms with Crippen molar-refractivity contribution < 1.29 is 23.0 Å². The highest BCUT2D eigenvalue weighted by Gasteiger charge is 2.31. The van der Waals surface area contributed by atoms with Crippen LogP contribution in [0.5, 0.6) is 5.75 Å². The third kappa shape index (κ3) is 2.60. The van der Waals surface area contributed by atoms with E-state index < -0.39 is 17.8 Å². The number of ether oxygens (including phenoxy) is 1. The van der Waals surface area contributed by atoms with Crippen molar-refractivity contribution in [1.82, 2.24) is 14.8 Å². The highest BCUT2D eigenvalue weighted by molar-refractivity contribution is 5.32. The third-order valence-electron chi connectivity index (χ3n) is 2.82. The Balaban J connectivity index is 2.34. The summed E-state index contributed by atoms with van der Waals surface area (Å²) >= 11 is 0. The van der Waals surface area contributed by atoms with Crippen LogP contribution in [0.3, 0.4) is 0 Å². The molecular formula is C12H12F3N3O2. The first-order chi connectivity index (χ1) is 9.34. The van der Waals surface area contributed by atoms with Crippen LogP contribution in [0, 0.1) is 0 Å². The van der Waals surface area contributed by atoms with E-state index in [2.05, 4.69) is 10.1 Å². The van der Waals surface area contributed by atoms with E-state index >= 15 is 0 Å². The predicted molar refractivity (Wildman–Crippen MR) is 63.1 cm³/mol. The van der Waals surface area contributed by atoms with Gasteiger partial charge in [-0.3, -0.25) is 9.67 Å². The van der Waals surface area contributed by atoms with Gasteiger partial charge in [0, 0.05) is 13.2 Å². The van der Waals surface area contributed by atoms with Gasteiger partial charge < -0.3 is 9.84 Å². The minimum atomic E-state index is -4.46. The van der Waals surface area contributed by atoms with Crippen LogP contribution in [0.2, 0.25) is 0 Å². The number of rotatable bonds is 3. The molecule has 108 valence electrons. The van der Waals surface area contributed by atoms with Crippen LogP contribution in [0.15, 0.2) is 24.5 Å². The van der Waals surface area contributed by atoms with Crippen molar-refractivity contribution in [3.05, 3.63) is 41.5 Å². The first-order valence-electron chi connectivity index (χ1n) is 5.61. The number of hydrogen-bond acceptors (Lipinski definition) is 4. The monoisotopic (exact) mass is 287 g/mol. The number of aryl methyl sites for hydroxylation is 1. The first kappa shape index (κ1) is 14.3. The van der Waals surface area contributed by atoms with Gasteiger partial charge in [0.05, 0.1) is 24.6 Å². The molecule has 5 nitrogen and oxygen atoms in total. The average Bonchev–Trinajstić information content (AvgIpc) is 2.78. The summed E-state index contributed by atoms with van der Waals surface area (Å²) in [5, 5.41) is 14.1. The molecule has 0 aliphatic carbocycles. The van der Waals surface area contributed by atoms with E-state index in [9.17, 15) is 18.3 Å². The molecule has 0 spiro atoms. The molecular weight excluding hydrogens is 275 g/mol. The molecule has 0 saturated carbocycles. The van der Waals surface area contributed by atoms with Crippen LogP contribution in [-0.2, 0) is 13.2 Å². The predicted octanol–water partition coefficient (Wildman–Crippen LogP) is 1.92. The van der Waals surface area contributed by atoms with Crippen LogP contribution >= 0.6 is 0 Å². The van der Waals surface area contributed by atoms with E-state index in [-0.39, 0.29) is 5.69 Å². The summed E-state index contributed by atoms with van der Waals surface area (Å²) in [4.78, 5) is 3.65. The molecule has 1 unspecified atom stereocenters. The summed E-state index contributed by atoms with van der Waals surface area (Å²) in [5.41, 5.74) is -0.468. The topological polar surface area (TPSA) is 60.2 Å². The highest BCUT2D eigenvalue weighted by Crippen LogP contribution is 2.31. The maximum atomic E-state index is 12.4. The van der Waals surface area contributed by atoms with Gasteiger partial charge in [0.25, 0.3) is 0 Å². The van der Waals surface area contributed by atoms with Crippen molar-refractivity contribution in [2.45, 2.75) is 12.3 Å². The SMILES string of the molecule is COc1cnn(C)c1C(O)c1ccc(C(F)(F)F)cn1. The Morgan fingerprint density at radius 1 is 1.30 bits per heavy atom. The fourth-order valence-corrected chi connectivity index (χ4v) is 1.77. The van der Waals surface area contributed by atoms with E-state index in [1.807, 2.05) is 0 Å². The van der Waals surface area contributed by atoms with Crippen LogP contribution in [0.25, 0.3) is 0 Å². The zero-order valence-corrected chi connectivity index (χ0v) is 10.7. The normalized spacial score (nSPS) is 13.3. The van der Waals surface area contributed by atoms with Gasteiger partial charge in [-0.2, -0.15) is 18.3 Å². The quantitative estimate of drug-likeness (QED) is 0.937. The van der Waals surface area contributed by atoms with Gasteiger partial charge in [0.15, 0.2) is 5.75 Å². The van der Waals surface area contributed by atoms with E-state index in [0.717, 1.165) is 12.1 Å². The molecule has 2 aromatic heterocycles. The molecule has 0 bridgehead atoms. The molecule has 2 aromatic rings. The highest BCUT2D eigenvalue weighted by atomic mass is 19.4. The van der Waals surface area contributed by atoms with Crippen LogP contribution in [-0.4, -0.2) is 27.0 Å². The molecule has 0 saturated heterocycles. The van der Waals surface area contributed by atoms with Crippen molar-refractivity contribution >= 4 is 0 Å². The van der Waals surface area contributed by atoms with Crippen molar-refractivity contribution in [2.24, 2.45) is 7.05 Å². The molecule has 0 aliphatic rings. The molecule has 0 aromatic carbocycles. The van der Waals surface area contributed by atoms with Crippen LogP contribution < -0.4 is 4.74 Å². The molecule has 8 heteroatoms. The zero-order valence-electron chi connectivity index (χ0n) is 10.7. The van der Waals surface area contributed by atoms with Gasteiger partial charge in [0.2, 0.25) is 0 Å². The van der Waals surface area contributed by atoms with Gasteiger partial charge in [0.1, 0.15) is 11.8 Å². The molecule has 0 fully saturated rings. The number of aromatic nitrogens is 3. The van der Waals surface area contributed by atoms with E-state index in [0.29, 0.717) is 17.6 Å². The van der Waals surface area contributed by atoms with E-state index in [1.54, 1.807) is 7.05 Å². The number of alkyl halides is 3. The van der Waals surface area contributed by atoms with E-state index in [4.69, 9.17) is 4.74 Å². The fourth-order valence-electron chi connectivity index (χ4n) is 1.77. The Kier molecular flexibility index (Phi) is 3.67. The molecule has 2 heterocycles. The van der Waals surface area contributed by atoms with Crippen molar-refractivity contribution in [3.8, 4) is 5.75 Å². The Labute approximate surface area is 112 Å². The summed E-state index contributed by atoms with van der Waals surface area (Å²) in [6, 6.07) is 1.99. The lowest BCUT2D eigenvalue weighted by Crippen LogP contribution is -2.11. The summed E-state index contributed by atoms with van der Waals surface area (Å²) < 4.78 is 43.7. The molecule has 1 N–H and O–H groups in total. The molecule has 1 atom stereocenters.